The first kappa shape index (κ1) is 22.5. The van der Waals surface area contributed by atoms with E-state index in [0.29, 0.717) is 0 Å². The molecule has 0 bridgehead atoms. The van der Waals surface area contributed by atoms with Gasteiger partial charge in [0.05, 0.1) is 5.54 Å². The lowest BCUT2D eigenvalue weighted by Gasteiger charge is -2.25. The fraction of sp³-hybridized carbons (Fsp3) is 0.217. The van der Waals surface area contributed by atoms with Crippen LogP contribution in [0.1, 0.15) is 41.3 Å². The highest BCUT2D eigenvalue weighted by molar-refractivity contribution is 5.94. The third-order valence-corrected chi connectivity index (χ3v) is 4.63. The molecule has 2 aromatic carbocycles. The standard InChI is InChI=1S/C23H24N4O5/c1-23(2,27-22(31)32-14-16-11-7-4-8-12-16)21-25-17(18(28)20(30)26-21)19(29)24-13-15-9-5-3-6-10-15/h3-12,28H,13-14H2,1-2H3,(H,24,29)(H,27,31)(H,25,26,30). The zero-order valence-corrected chi connectivity index (χ0v) is 17.7. The first-order chi connectivity index (χ1) is 15.3. The van der Waals surface area contributed by atoms with E-state index in [1.54, 1.807) is 13.8 Å². The SMILES string of the molecule is CC(C)(NC(=O)OCc1ccccc1)c1nc(C(=O)NCc2ccccc2)c(O)c(=O)[nH]1. The smallest absolute Gasteiger partial charge is 0.408 e. The molecule has 4 N–H and O–H groups in total. The molecule has 0 saturated carbocycles. The largest absolute Gasteiger partial charge is 0.501 e. The number of carbonyl (C=O) groups excluding carboxylic acids is 2. The van der Waals surface area contributed by atoms with Gasteiger partial charge in [0.2, 0.25) is 5.75 Å². The Morgan fingerprint density at radius 2 is 1.62 bits per heavy atom. The van der Waals surface area contributed by atoms with Crippen molar-refractivity contribution in [3.63, 3.8) is 0 Å². The van der Waals surface area contributed by atoms with Crippen molar-refractivity contribution >= 4 is 12.0 Å². The number of aromatic nitrogens is 2. The summed E-state index contributed by atoms with van der Waals surface area (Å²) in [5.74, 6) is -1.54. The Balaban J connectivity index is 1.71. The summed E-state index contributed by atoms with van der Waals surface area (Å²) in [6, 6.07) is 18.3. The molecular weight excluding hydrogens is 412 g/mol. The first-order valence-corrected chi connectivity index (χ1v) is 9.91. The molecule has 0 aliphatic heterocycles. The van der Waals surface area contributed by atoms with Gasteiger partial charge in [0.25, 0.3) is 11.5 Å². The van der Waals surface area contributed by atoms with Crippen molar-refractivity contribution in [3.8, 4) is 5.75 Å². The van der Waals surface area contributed by atoms with E-state index in [1.807, 2.05) is 60.7 Å². The summed E-state index contributed by atoms with van der Waals surface area (Å²) in [6.45, 7) is 3.42. The maximum atomic E-state index is 12.6. The summed E-state index contributed by atoms with van der Waals surface area (Å²) < 4.78 is 5.21. The van der Waals surface area contributed by atoms with Gasteiger partial charge in [-0.25, -0.2) is 9.78 Å². The first-order valence-electron chi connectivity index (χ1n) is 9.91. The van der Waals surface area contributed by atoms with E-state index in [2.05, 4.69) is 20.6 Å². The number of rotatable bonds is 7. The molecule has 0 saturated heterocycles. The average Bonchev–Trinajstić information content (AvgIpc) is 2.79. The van der Waals surface area contributed by atoms with Crippen molar-refractivity contribution in [2.75, 3.05) is 0 Å². The summed E-state index contributed by atoms with van der Waals surface area (Å²) in [6.07, 6.45) is -0.732. The predicted molar refractivity (Wildman–Crippen MR) is 117 cm³/mol. The molecule has 0 aliphatic rings. The summed E-state index contributed by atoms with van der Waals surface area (Å²) in [4.78, 5) is 43.5. The van der Waals surface area contributed by atoms with E-state index in [1.165, 1.54) is 0 Å². The fourth-order valence-corrected chi connectivity index (χ4v) is 2.86. The van der Waals surface area contributed by atoms with Crippen molar-refractivity contribution in [3.05, 3.63) is 93.7 Å². The van der Waals surface area contributed by atoms with Gasteiger partial charge in [-0.05, 0) is 25.0 Å². The normalized spacial score (nSPS) is 10.9. The average molecular weight is 436 g/mol. The molecule has 0 spiro atoms. The van der Waals surface area contributed by atoms with Gasteiger partial charge in [-0.15, -0.1) is 0 Å². The van der Waals surface area contributed by atoms with Gasteiger partial charge in [0.15, 0.2) is 5.69 Å². The van der Waals surface area contributed by atoms with Crippen molar-refractivity contribution < 1.29 is 19.4 Å². The molecule has 32 heavy (non-hydrogen) atoms. The fourth-order valence-electron chi connectivity index (χ4n) is 2.86. The van der Waals surface area contributed by atoms with Crippen LogP contribution >= 0.6 is 0 Å². The number of H-pyrrole nitrogens is 1. The Kier molecular flexibility index (Phi) is 6.89. The van der Waals surface area contributed by atoms with Crippen molar-refractivity contribution in [2.24, 2.45) is 0 Å². The number of carbonyl (C=O) groups is 2. The van der Waals surface area contributed by atoms with Crippen LogP contribution in [-0.2, 0) is 23.4 Å². The van der Waals surface area contributed by atoms with Crippen LogP contribution < -0.4 is 16.2 Å². The number of ether oxygens (including phenoxy) is 1. The number of aromatic hydroxyl groups is 1. The summed E-state index contributed by atoms with van der Waals surface area (Å²) in [7, 11) is 0. The number of aromatic amines is 1. The van der Waals surface area contributed by atoms with E-state index in [9.17, 15) is 19.5 Å². The summed E-state index contributed by atoms with van der Waals surface area (Å²) >= 11 is 0. The second-order valence-corrected chi connectivity index (χ2v) is 7.59. The van der Waals surface area contributed by atoms with Gasteiger partial charge in [-0.3, -0.25) is 9.59 Å². The zero-order valence-electron chi connectivity index (χ0n) is 17.7. The van der Waals surface area contributed by atoms with E-state index >= 15 is 0 Å². The van der Waals surface area contributed by atoms with Gasteiger partial charge in [-0.1, -0.05) is 60.7 Å². The van der Waals surface area contributed by atoms with Crippen molar-refractivity contribution in [2.45, 2.75) is 32.5 Å². The van der Waals surface area contributed by atoms with Crippen molar-refractivity contribution in [1.82, 2.24) is 20.6 Å². The lowest BCUT2D eigenvalue weighted by atomic mass is 10.0. The maximum absolute atomic E-state index is 12.6. The highest BCUT2D eigenvalue weighted by Crippen LogP contribution is 2.18. The molecule has 0 unspecified atom stereocenters. The van der Waals surface area contributed by atoms with Gasteiger partial charge in [0, 0.05) is 6.54 Å². The molecule has 1 heterocycles. The maximum Gasteiger partial charge on any atom is 0.408 e. The Labute approximate surface area is 184 Å². The Bertz CT molecular complexity index is 1140. The molecule has 9 nitrogen and oxygen atoms in total. The van der Waals surface area contributed by atoms with Gasteiger partial charge in [0.1, 0.15) is 12.4 Å². The number of alkyl carbamates (subject to hydrolysis) is 1. The summed E-state index contributed by atoms with van der Waals surface area (Å²) in [5, 5.41) is 15.3. The van der Waals surface area contributed by atoms with Crippen LogP contribution in [0.25, 0.3) is 0 Å². The van der Waals surface area contributed by atoms with Crippen LogP contribution in [0.3, 0.4) is 0 Å². The second kappa shape index (κ2) is 9.78. The van der Waals surface area contributed by atoms with Crippen LogP contribution in [0, 0.1) is 0 Å². The van der Waals surface area contributed by atoms with Gasteiger partial charge < -0.3 is 25.5 Å². The highest BCUT2D eigenvalue weighted by Gasteiger charge is 2.29. The minimum atomic E-state index is -1.20. The molecule has 2 amide bonds. The molecular formula is C23H24N4O5. The predicted octanol–water partition coefficient (Wildman–Crippen LogP) is 2.57. The number of nitrogens with zero attached hydrogens (tertiary/aromatic N) is 1. The minimum absolute atomic E-state index is 0.0122. The molecule has 1 aromatic heterocycles. The van der Waals surface area contributed by atoms with Crippen LogP contribution in [0.15, 0.2) is 65.5 Å². The molecule has 166 valence electrons. The van der Waals surface area contributed by atoms with Gasteiger partial charge >= 0.3 is 6.09 Å². The molecule has 0 atom stereocenters. The van der Waals surface area contributed by atoms with Crippen LogP contribution in [0.2, 0.25) is 0 Å². The van der Waals surface area contributed by atoms with E-state index in [0.717, 1.165) is 11.1 Å². The summed E-state index contributed by atoms with van der Waals surface area (Å²) in [5.41, 5.74) is -0.878. The second-order valence-electron chi connectivity index (χ2n) is 7.59. The number of amides is 2. The van der Waals surface area contributed by atoms with Gasteiger partial charge in [-0.2, -0.15) is 0 Å². The Morgan fingerprint density at radius 1 is 1.03 bits per heavy atom. The monoisotopic (exact) mass is 436 g/mol. The lowest BCUT2D eigenvalue weighted by molar-refractivity contribution is 0.0941. The molecule has 3 rings (SSSR count). The van der Waals surface area contributed by atoms with Crippen LogP contribution in [0.5, 0.6) is 5.75 Å². The third-order valence-electron chi connectivity index (χ3n) is 4.63. The molecule has 3 aromatic rings. The van der Waals surface area contributed by atoms with Crippen molar-refractivity contribution in [1.29, 1.82) is 0 Å². The van der Waals surface area contributed by atoms with Crippen LogP contribution in [0.4, 0.5) is 4.79 Å². The number of hydrogen-bond donors (Lipinski definition) is 4. The minimum Gasteiger partial charge on any atom is -0.501 e. The topological polar surface area (TPSA) is 133 Å². The number of benzene rings is 2. The van der Waals surface area contributed by atoms with E-state index in [-0.39, 0.29) is 19.0 Å². The lowest BCUT2D eigenvalue weighted by Crippen LogP contribution is -2.44. The zero-order chi connectivity index (χ0) is 23.1. The van der Waals surface area contributed by atoms with Crippen LogP contribution in [-0.4, -0.2) is 27.1 Å². The third kappa shape index (κ3) is 5.72. The number of hydrogen-bond acceptors (Lipinski definition) is 6. The van der Waals surface area contributed by atoms with E-state index < -0.39 is 34.5 Å². The van der Waals surface area contributed by atoms with E-state index in [4.69, 9.17) is 4.74 Å². The molecule has 0 fully saturated rings. The number of nitrogens with one attached hydrogen (secondary N) is 3. The Hall–Kier alpha value is -4.14. The Morgan fingerprint density at radius 3 is 2.25 bits per heavy atom. The molecule has 0 aliphatic carbocycles. The molecule has 0 radical (unpaired) electrons. The quantitative estimate of drug-likeness (QED) is 0.450. The molecule has 9 heteroatoms. The highest BCUT2D eigenvalue weighted by atomic mass is 16.5.